The van der Waals surface area contributed by atoms with Crippen LogP contribution < -0.4 is 26.6 Å². The van der Waals surface area contributed by atoms with Gasteiger partial charge in [0, 0.05) is 38.9 Å². The molecule has 0 aromatic rings. The SMILES string of the molecule is CCNC(=O)C(CCCCNC(=O)CCC(NC(=O)CC)C(=O)NCC)NC(=O)CC. The Morgan fingerprint density at radius 3 is 1.55 bits per heavy atom. The highest BCUT2D eigenvalue weighted by atomic mass is 16.2. The van der Waals surface area contributed by atoms with E-state index >= 15 is 0 Å². The summed E-state index contributed by atoms with van der Waals surface area (Å²) < 4.78 is 0. The van der Waals surface area contributed by atoms with Gasteiger partial charge in [-0.1, -0.05) is 13.8 Å². The minimum atomic E-state index is -0.738. The molecule has 0 spiro atoms. The van der Waals surface area contributed by atoms with Gasteiger partial charge in [0.15, 0.2) is 0 Å². The van der Waals surface area contributed by atoms with Crippen LogP contribution in [0.15, 0.2) is 0 Å². The molecule has 0 aliphatic heterocycles. The molecule has 10 heteroatoms. The van der Waals surface area contributed by atoms with Gasteiger partial charge in [0.25, 0.3) is 0 Å². The normalized spacial score (nSPS) is 12.3. The molecule has 0 saturated heterocycles. The zero-order valence-electron chi connectivity index (χ0n) is 19.3. The molecule has 0 aromatic carbocycles. The first-order chi connectivity index (χ1) is 14.8. The monoisotopic (exact) mass is 441 g/mol. The Bertz CT molecular complexity index is 597. The highest BCUT2D eigenvalue weighted by Crippen LogP contribution is 2.03. The Hall–Kier alpha value is -2.65. The fourth-order valence-corrected chi connectivity index (χ4v) is 2.79. The number of carbonyl (C=O) groups is 5. The van der Waals surface area contributed by atoms with E-state index in [2.05, 4.69) is 26.6 Å². The third kappa shape index (κ3) is 13.3. The Kier molecular flexibility index (Phi) is 15.6. The van der Waals surface area contributed by atoms with Crippen LogP contribution in [0.4, 0.5) is 0 Å². The van der Waals surface area contributed by atoms with Gasteiger partial charge in [0.1, 0.15) is 12.1 Å². The molecule has 0 bridgehead atoms. The minimum Gasteiger partial charge on any atom is -0.356 e. The topological polar surface area (TPSA) is 146 Å². The number of hydrogen-bond acceptors (Lipinski definition) is 5. The van der Waals surface area contributed by atoms with Crippen molar-refractivity contribution in [2.24, 2.45) is 0 Å². The number of hydrogen-bond donors (Lipinski definition) is 5. The van der Waals surface area contributed by atoms with Crippen LogP contribution in [0.25, 0.3) is 0 Å². The molecule has 10 nitrogen and oxygen atoms in total. The van der Waals surface area contributed by atoms with Crippen LogP contribution in [0.5, 0.6) is 0 Å². The lowest BCUT2D eigenvalue weighted by Crippen LogP contribution is -2.47. The second kappa shape index (κ2) is 17.1. The molecular weight excluding hydrogens is 402 g/mol. The number of nitrogens with one attached hydrogen (secondary N) is 5. The van der Waals surface area contributed by atoms with Crippen LogP contribution in [-0.4, -0.2) is 61.3 Å². The minimum absolute atomic E-state index is 0.111. The van der Waals surface area contributed by atoms with Crippen LogP contribution in [-0.2, 0) is 24.0 Å². The molecule has 0 aliphatic rings. The summed E-state index contributed by atoms with van der Waals surface area (Å²) in [5, 5.41) is 13.5. The van der Waals surface area contributed by atoms with Crippen molar-refractivity contribution in [2.45, 2.75) is 84.7 Å². The molecule has 5 N–H and O–H groups in total. The van der Waals surface area contributed by atoms with E-state index in [9.17, 15) is 24.0 Å². The quantitative estimate of drug-likeness (QED) is 0.216. The summed E-state index contributed by atoms with van der Waals surface area (Å²) in [6, 6.07) is -1.32. The molecule has 0 aromatic heterocycles. The first-order valence-electron chi connectivity index (χ1n) is 11.2. The van der Waals surface area contributed by atoms with Gasteiger partial charge < -0.3 is 26.6 Å². The standard InChI is InChI=1S/C21H39N5O5/c1-5-17(27)25-15(20(30)22-7-3)11-9-10-14-24-19(29)13-12-16(21(31)23-8-4)26-18(28)6-2/h15-16H,5-14H2,1-4H3,(H,22,30)(H,23,31)(H,24,29)(H,25,27)(H,26,28). The number of unbranched alkanes of at least 4 members (excludes halogenated alkanes) is 1. The molecule has 0 saturated carbocycles. The van der Waals surface area contributed by atoms with Crippen LogP contribution in [0, 0.1) is 0 Å². The summed E-state index contributed by atoms with van der Waals surface area (Å²) in [6.07, 6.45) is 2.68. The highest BCUT2D eigenvalue weighted by molar-refractivity contribution is 5.88. The highest BCUT2D eigenvalue weighted by Gasteiger charge is 2.21. The van der Waals surface area contributed by atoms with Crippen molar-refractivity contribution in [1.82, 2.24) is 26.6 Å². The molecule has 31 heavy (non-hydrogen) atoms. The lowest BCUT2D eigenvalue weighted by molar-refractivity contribution is -0.129. The zero-order chi connectivity index (χ0) is 23.6. The van der Waals surface area contributed by atoms with Crippen LogP contribution in [0.1, 0.15) is 72.6 Å². The number of amides is 5. The Balaban J connectivity index is 4.34. The molecule has 178 valence electrons. The van der Waals surface area contributed by atoms with Crippen molar-refractivity contribution in [3.8, 4) is 0 Å². The number of likely N-dealkylation sites (N-methyl/N-ethyl adjacent to an activating group) is 2. The van der Waals surface area contributed by atoms with Gasteiger partial charge in [-0.05, 0) is 39.5 Å². The molecule has 2 unspecified atom stereocenters. The van der Waals surface area contributed by atoms with E-state index < -0.39 is 12.1 Å². The number of rotatable bonds is 16. The summed E-state index contributed by atoms with van der Waals surface area (Å²) in [6.45, 7) is 8.38. The van der Waals surface area contributed by atoms with Crippen molar-refractivity contribution in [3.63, 3.8) is 0 Å². The Labute approximate surface area is 185 Å². The average molecular weight is 442 g/mol. The fraction of sp³-hybridized carbons (Fsp3) is 0.762. The van der Waals surface area contributed by atoms with Gasteiger partial charge in [-0.2, -0.15) is 0 Å². The first-order valence-corrected chi connectivity index (χ1v) is 11.2. The van der Waals surface area contributed by atoms with E-state index in [1.807, 2.05) is 6.92 Å². The summed E-state index contributed by atoms with van der Waals surface area (Å²) >= 11 is 0. The molecule has 2 atom stereocenters. The summed E-state index contributed by atoms with van der Waals surface area (Å²) in [7, 11) is 0. The third-order valence-electron chi connectivity index (χ3n) is 4.55. The fourth-order valence-electron chi connectivity index (χ4n) is 2.79. The van der Waals surface area contributed by atoms with Crippen LogP contribution in [0.3, 0.4) is 0 Å². The smallest absolute Gasteiger partial charge is 0.242 e. The molecule has 0 rings (SSSR count). The van der Waals surface area contributed by atoms with Crippen molar-refractivity contribution >= 4 is 29.5 Å². The van der Waals surface area contributed by atoms with Gasteiger partial charge in [-0.3, -0.25) is 24.0 Å². The lowest BCUT2D eigenvalue weighted by atomic mass is 10.1. The van der Waals surface area contributed by atoms with E-state index in [-0.39, 0.29) is 48.8 Å². The van der Waals surface area contributed by atoms with Gasteiger partial charge in [0.05, 0.1) is 0 Å². The van der Waals surface area contributed by atoms with Crippen molar-refractivity contribution in [3.05, 3.63) is 0 Å². The molecule has 0 heterocycles. The van der Waals surface area contributed by atoms with E-state index in [1.165, 1.54) is 0 Å². The number of carbonyl (C=O) groups excluding carboxylic acids is 5. The average Bonchev–Trinajstić information content (AvgIpc) is 2.75. The van der Waals surface area contributed by atoms with E-state index in [4.69, 9.17) is 0 Å². The van der Waals surface area contributed by atoms with E-state index in [1.54, 1.807) is 20.8 Å². The largest absolute Gasteiger partial charge is 0.356 e. The molecular formula is C21H39N5O5. The maximum absolute atomic E-state index is 12.1. The zero-order valence-corrected chi connectivity index (χ0v) is 19.3. The lowest BCUT2D eigenvalue weighted by Gasteiger charge is -2.18. The van der Waals surface area contributed by atoms with E-state index in [0.717, 1.165) is 0 Å². The third-order valence-corrected chi connectivity index (χ3v) is 4.55. The van der Waals surface area contributed by atoms with Crippen LogP contribution >= 0.6 is 0 Å². The van der Waals surface area contributed by atoms with E-state index in [0.29, 0.717) is 45.3 Å². The second-order valence-electron chi connectivity index (χ2n) is 7.12. The van der Waals surface area contributed by atoms with Crippen LogP contribution in [0.2, 0.25) is 0 Å². The Morgan fingerprint density at radius 1 is 0.613 bits per heavy atom. The van der Waals surface area contributed by atoms with Gasteiger partial charge in [0.2, 0.25) is 29.5 Å². The maximum atomic E-state index is 12.1. The first kappa shape index (κ1) is 28.4. The predicted molar refractivity (Wildman–Crippen MR) is 118 cm³/mol. The summed E-state index contributed by atoms with van der Waals surface area (Å²) in [4.78, 5) is 59.4. The van der Waals surface area contributed by atoms with Crippen molar-refractivity contribution < 1.29 is 24.0 Å². The van der Waals surface area contributed by atoms with Gasteiger partial charge in [-0.15, -0.1) is 0 Å². The van der Waals surface area contributed by atoms with Crippen molar-refractivity contribution in [1.29, 1.82) is 0 Å². The van der Waals surface area contributed by atoms with Crippen molar-refractivity contribution in [2.75, 3.05) is 19.6 Å². The Morgan fingerprint density at radius 2 is 1.10 bits per heavy atom. The molecule has 0 fully saturated rings. The second-order valence-corrected chi connectivity index (χ2v) is 7.12. The molecule has 0 radical (unpaired) electrons. The molecule has 5 amide bonds. The summed E-state index contributed by atoms with van der Waals surface area (Å²) in [5.41, 5.74) is 0. The predicted octanol–water partition coefficient (Wildman–Crippen LogP) is 0.115. The maximum Gasteiger partial charge on any atom is 0.242 e. The summed E-state index contributed by atoms with van der Waals surface area (Å²) in [5.74, 6) is -1.14. The molecule has 0 aliphatic carbocycles. The van der Waals surface area contributed by atoms with Gasteiger partial charge in [-0.25, -0.2) is 0 Å². The van der Waals surface area contributed by atoms with Gasteiger partial charge >= 0.3 is 0 Å².